The third kappa shape index (κ3) is 4.15. The van der Waals surface area contributed by atoms with Gasteiger partial charge in [0.2, 0.25) is 0 Å². The molecule has 3 N–H and O–H groups in total. The summed E-state index contributed by atoms with van der Waals surface area (Å²) in [6.45, 7) is 7.58. The van der Waals surface area contributed by atoms with Gasteiger partial charge < -0.3 is 11.1 Å². The van der Waals surface area contributed by atoms with Crippen LogP contribution < -0.4 is 11.1 Å². The molecule has 0 aliphatic rings. The number of carbonyl (C=O) groups excluding carboxylic acids is 1. The minimum Gasteiger partial charge on any atom is -0.352 e. The Kier molecular flexibility index (Phi) is 5.86. The third-order valence-corrected chi connectivity index (χ3v) is 3.47. The molecular weight excluding hydrogens is 224 g/mol. The molecule has 1 rings (SSSR count). The molecule has 0 heterocycles. The van der Waals surface area contributed by atoms with Crippen molar-refractivity contribution in [2.24, 2.45) is 11.7 Å². The average Bonchev–Trinajstić information content (AvgIpc) is 2.37. The van der Waals surface area contributed by atoms with Crippen LogP contribution in [0.3, 0.4) is 0 Å². The molecule has 1 aromatic rings. The molecule has 0 saturated carbocycles. The van der Waals surface area contributed by atoms with E-state index in [1.165, 1.54) is 5.56 Å². The Labute approximate surface area is 110 Å². The maximum atomic E-state index is 12.0. The lowest BCUT2D eigenvalue weighted by molar-refractivity contribution is 0.0946. The fourth-order valence-corrected chi connectivity index (χ4v) is 1.91. The second-order valence-electron chi connectivity index (χ2n) is 4.86. The predicted molar refractivity (Wildman–Crippen MR) is 75.7 cm³/mol. The van der Waals surface area contributed by atoms with E-state index < -0.39 is 0 Å². The van der Waals surface area contributed by atoms with Crippen molar-refractivity contribution in [3.05, 3.63) is 34.9 Å². The lowest BCUT2D eigenvalue weighted by Gasteiger charge is -2.14. The van der Waals surface area contributed by atoms with Gasteiger partial charge >= 0.3 is 0 Å². The van der Waals surface area contributed by atoms with Crippen molar-refractivity contribution in [2.45, 2.75) is 33.6 Å². The van der Waals surface area contributed by atoms with Crippen molar-refractivity contribution >= 4 is 5.91 Å². The molecular formula is C15H24N2O. The summed E-state index contributed by atoms with van der Waals surface area (Å²) in [7, 11) is 0. The van der Waals surface area contributed by atoms with Crippen molar-refractivity contribution in [3.63, 3.8) is 0 Å². The number of nitrogens with one attached hydrogen (secondary N) is 1. The summed E-state index contributed by atoms with van der Waals surface area (Å²) >= 11 is 0. The van der Waals surface area contributed by atoms with Gasteiger partial charge in [0.25, 0.3) is 5.91 Å². The van der Waals surface area contributed by atoms with Crippen LogP contribution in [0.1, 0.15) is 41.3 Å². The second kappa shape index (κ2) is 7.17. The van der Waals surface area contributed by atoms with Crippen LogP contribution in [0.25, 0.3) is 0 Å². The van der Waals surface area contributed by atoms with E-state index >= 15 is 0 Å². The predicted octanol–water partition coefficient (Wildman–Crippen LogP) is 2.41. The largest absolute Gasteiger partial charge is 0.352 e. The van der Waals surface area contributed by atoms with Gasteiger partial charge in [0.1, 0.15) is 0 Å². The number of hydrogen-bond acceptors (Lipinski definition) is 2. The molecule has 0 spiro atoms. The Bertz CT molecular complexity index is 401. The number of nitrogens with two attached hydrogens (primary N) is 1. The maximum Gasteiger partial charge on any atom is 0.251 e. The fraction of sp³-hybridized carbons (Fsp3) is 0.533. The zero-order chi connectivity index (χ0) is 13.5. The highest BCUT2D eigenvalue weighted by Gasteiger charge is 2.10. The summed E-state index contributed by atoms with van der Waals surface area (Å²) in [6, 6.07) is 5.80. The molecule has 1 aromatic carbocycles. The lowest BCUT2D eigenvalue weighted by Crippen LogP contribution is -2.30. The summed E-state index contributed by atoms with van der Waals surface area (Å²) in [6.07, 6.45) is 2.01. The molecule has 0 bridgehead atoms. The monoisotopic (exact) mass is 248 g/mol. The van der Waals surface area contributed by atoms with Gasteiger partial charge in [-0.05, 0) is 56.0 Å². The molecule has 100 valence electrons. The van der Waals surface area contributed by atoms with E-state index in [0.29, 0.717) is 19.0 Å². The van der Waals surface area contributed by atoms with Crippen LogP contribution in [-0.4, -0.2) is 19.0 Å². The quantitative estimate of drug-likeness (QED) is 0.812. The lowest BCUT2D eigenvalue weighted by atomic mass is 10.0. The van der Waals surface area contributed by atoms with Gasteiger partial charge in [-0.2, -0.15) is 0 Å². The van der Waals surface area contributed by atoms with Crippen LogP contribution in [0.2, 0.25) is 0 Å². The zero-order valence-corrected chi connectivity index (χ0v) is 11.6. The molecule has 0 radical (unpaired) electrons. The average molecular weight is 248 g/mol. The molecule has 3 heteroatoms. The van der Waals surface area contributed by atoms with E-state index in [9.17, 15) is 4.79 Å². The Hall–Kier alpha value is -1.35. The van der Waals surface area contributed by atoms with Crippen LogP contribution in [0, 0.1) is 19.8 Å². The molecule has 0 aliphatic carbocycles. The molecule has 18 heavy (non-hydrogen) atoms. The SMILES string of the molecule is CCC(CCN)CNC(=O)c1ccc(C)c(C)c1. The van der Waals surface area contributed by atoms with E-state index in [-0.39, 0.29) is 5.91 Å². The van der Waals surface area contributed by atoms with Crippen LogP contribution in [-0.2, 0) is 0 Å². The highest BCUT2D eigenvalue weighted by Crippen LogP contribution is 2.10. The number of rotatable bonds is 6. The van der Waals surface area contributed by atoms with Crippen LogP contribution in [0.4, 0.5) is 0 Å². The molecule has 1 atom stereocenters. The van der Waals surface area contributed by atoms with Crippen LogP contribution in [0.15, 0.2) is 18.2 Å². The molecule has 0 aromatic heterocycles. The second-order valence-corrected chi connectivity index (χ2v) is 4.86. The number of benzene rings is 1. The van der Waals surface area contributed by atoms with E-state index in [2.05, 4.69) is 12.2 Å². The Balaban J connectivity index is 2.57. The summed E-state index contributed by atoms with van der Waals surface area (Å²) in [5.41, 5.74) is 8.64. The van der Waals surface area contributed by atoms with Gasteiger partial charge in [0, 0.05) is 12.1 Å². The number of carbonyl (C=O) groups is 1. The smallest absolute Gasteiger partial charge is 0.251 e. The first-order valence-electron chi connectivity index (χ1n) is 6.64. The first-order chi connectivity index (χ1) is 8.58. The summed E-state index contributed by atoms with van der Waals surface area (Å²) in [4.78, 5) is 12.0. The van der Waals surface area contributed by atoms with Gasteiger partial charge in [0.15, 0.2) is 0 Å². The molecule has 1 amide bonds. The Morgan fingerprint density at radius 3 is 2.61 bits per heavy atom. The van der Waals surface area contributed by atoms with Crippen molar-refractivity contribution in [3.8, 4) is 0 Å². The fourth-order valence-electron chi connectivity index (χ4n) is 1.91. The molecule has 1 unspecified atom stereocenters. The van der Waals surface area contributed by atoms with Crippen molar-refractivity contribution < 1.29 is 4.79 Å². The van der Waals surface area contributed by atoms with Crippen LogP contribution >= 0.6 is 0 Å². The first-order valence-corrected chi connectivity index (χ1v) is 6.64. The summed E-state index contributed by atoms with van der Waals surface area (Å²) < 4.78 is 0. The van der Waals surface area contributed by atoms with E-state index in [1.54, 1.807) is 0 Å². The zero-order valence-electron chi connectivity index (χ0n) is 11.6. The minimum atomic E-state index is 0.00794. The highest BCUT2D eigenvalue weighted by molar-refractivity contribution is 5.94. The first kappa shape index (κ1) is 14.7. The van der Waals surface area contributed by atoms with Crippen molar-refractivity contribution in [1.82, 2.24) is 5.32 Å². The van der Waals surface area contributed by atoms with Crippen molar-refractivity contribution in [2.75, 3.05) is 13.1 Å². The van der Waals surface area contributed by atoms with Gasteiger partial charge in [0.05, 0.1) is 0 Å². The van der Waals surface area contributed by atoms with Gasteiger partial charge in [-0.15, -0.1) is 0 Å². The van der Waals surface area contributed by atoms with E-state index in [0.717, 1.165) is 24.0 Å². The van der Waals surface area contributed by atoms with E-state index in [1.807, 2.05) is 32.0 Å². The normalized spacial score (nSPS) is 12.2. The number of hydrogen-bond donors (Lipinski definition) is 2. The number of amides is 1. The van der Waals surface area contributed by atoms with Gasteiger partial charge in [-0.1, -0.05) is 19.4 Å². The standard InChI is InChI=1S/C15H24N2O/c1-4-13(7-8-16)10-17-15(18)14-6-5-11(2)12(3)9-14/h5-6,9,13H,4,7-8,10,16H2,1-3H3,(H,17,18). The van der Waals surface area contributed by atoms with E-state index in [4.69, 9.17) is 5.73 Å². The van der Waals surface area contributed by atoms with Crippen LogP contribution in [0.5, 0.6) is 0 Å². The Morgan fingerprint density at radius 1 is 1.33 bits per heavy atom. The van der Waals surface area contributed by atoms with Gasteiger partial charge in [-0.3, -0.25) is 4.79 Å². The molecule has 0 aliphatic heterocycles. The summed E-state index contributed by atoms with van der Waals surface area (Å²) in [5.74, 6) is 0.485. The summed E-state index contributed by atoms with van der Waals surface area (Å²) in [5, 5.41) is 2.99. The van der Waals surface area contributed by atoms with Crippen molar-refractivity contribution in [1.29, 1.82) is 0 Å². The molecule has 0 saturated heterocycles. The topological polar surface area (TPSA) is 55.1 Å². The molecule has 3 nitrogen and oxygen atoms in total. The van der Waals surface area contributed by atoms with Gasteiger partial charge in [-0.25, -0.2) is 0 Å². The maximum absolute atomic E-state index is 12.0. The molecule has 0 fully saturated rings. The highest BCUT2D eigenvalue weighted by atomic mass is 16.1. The minimum absolute atomic E-state index is 0.00794. The third-order valence-electron chi connectivity index (χ3n) is 3.47. The Morgan fingerprint density at radius 2 is 2.06 bits per heavy atom. The number of aryl methyl sites for hydroxylation is 2.